The second kappa shape index (κ2) is 11.9. The first kappa shape index (κ1) is 22.5. The fourth-order valence-electron chi connectivity index (χ4n) is 4.23. The van der Waals surface area contributed by atoms with E-state index in [0.717, 1.165) is 63.7 Å². The van der Waals surface area contributed by atoms with Crippen molar-refractivity contribution in [2.24, 2.45) is 10.9 Å². The van der Waals surface area contributed by atoms with Gasteiger partial charge < -0.3 is 20.1 Å². The highest BCUT2D eigenvalue weighted by molar-refractivity contribution is 14.0. The first-order valence-electron chi connectivity index (χ1n) is 9.69. The summed E-state index contributed by atoms with van der Waals surface area (Å²) in [6, 6.07) is 1.05. The number of nitrogens with zero attached hydrogens (tertiary/aromatic N) is 2. The molecule has 0 spiro atoms. The number of rotatable bonds is 6. The molecular weight excluding hydrogens is 463 g/mol. The van der Waals surface area contributed by atoms with Crippen LogP contribution in [0.3, 0.4) is 0 Å². The monoisotopic (exact) mass is 498 g/mol. The minimum Gasteiger partial charge on any atom is -0.381 e. The first-order valence-corrected chi connectivity index (χ1v) is 11.0. The van der Waals surface area contributed by atoms with E-state index in [2.05, 4.69) is 26.8 Å². The van der Waals surface area contributed by atoms with Gasteiger partial charge in [0, 0.05) is 56.5 Å². The van der Waals surface area contributed by atoms with Gasteiger partial charge in [0.1, 0.15) is 0 Å². The zero-order valence-electron chi connectivity index (χ0n) is 16.1. The second-order valence-corrected chi connectivity index (χ2v) is 8.44. The largest absolute Gasteiger partial charge is 0.381 e. The number of halogens is 1. The molecule has 4 atom stereocenters. The third kappa shape index (κ3) is 6.39. The average Bonchev–Trinajstić information content (AvgIpc) is 3.33. The van der Waals surface area contributed by atoms with Crippen molar-refractivity contribution in [1.82, 2.24) is 15.5 Å². The van der Waals surface area contributed by atoms with Gasteiger partial charge in [-0.1, -0.05) is 0 Å². The molecule has 4 unspecified atom stereocenters. The summed E-state index contributed by atoms with van der Waals surface area (Å²) in [5.41, 5.74) is 0. The van der Waals surface area contributed by atoms with Crippen molar-refractivity contribution in [2.45, 2.75) is 43.0 Å². The predicted molar refractivity (Wildman–Crippen MR) is 120 cm³/mol. The summed E-state index contributed by atoms with van der Waals surface area (Å²) in [5, 5.41) is 8.03. The highest BCUT2D eigenvalue weighted by Gasteiger charge is 2.32. The minimum absolute atomic E-state index is 0. The van der Waals surface area contributed by atoms with Crippen LogP contribution >= 0.6 is 35.7 Å². The predicted octanol–water partition coefficient (Wildman–Crippen LogP) is 1.79. The Kier molecular flexibility index (Phi) is 10.3. The molecule has 2 heterocycles. The fraction of sp³-hybridized carbons (Fsp3) is 0.944. The zero-order chi connectivity index (χ0) is 17.5. The van der Waals surface area contributed by atoms with E-state index in [0.29, 0.717) is 18.0 Å². The van der Waals surface area contributed by atoms with Crippen LogP contribution in [0.1, 0.15) is 25.7 Å². The lowest BCUT2D eigenvalue weighted by atomic mass is 9.97. The van der Waals surface area contributed by atoms with E-state index in [1.165, 1.54) is 19.3 Å². The third-order valence-corrected chi connectivity index (χ3v) is 6.88. The number of thioether (sulfide) groups is 1. The lowest BCUT2D eigenvalue weighted by Gasteiger charge is -2.37. The molecule has 2 aliphatic heterocycles. The van der Waals surface area contributed by atoms with E-state index in [1.54, 1.807) is 0 Å². The molecule has 3 rings (SSSR count). The molecule has 3 fully saturated rings. The Balaban J connectivity index is 0.00000243. The van der Waals surface area contributed by atoms with Gasteiger partial charge in [-0.15, -0.1) is 24.0 Å². The van der Waals surface area contributed by atoms with Crippen LogP contribution in [0.4, 0.5) is 0 Å². The van der Waals surface area contributed by atoms with Gasteiger partial charge in [0.15, 0.2) is 5.96 Å². The summed E-state index contributed by atoms with van der Waals surface area (Å²) >= 11 is 1.99. The van der Waals surface area contributed by atoms with Crippen LogP contribution in [0.5, 0.6) is 0 Å². The second-order valence-electron chi connectivity index (χ2n) is 7.30. The van der Waals surface area contributed by atoms with Gasteiger partial charge in [-0.25, -0.2) is 0 Å². The SMILES string of the molecule is CN=C(NCC(C1CCOC1)N1CCOCC1)NC1CCC(SC)C1.I. The van der Waals surface area contributed by atoms with Gasteiger partial charge in [-0.2, -0.15) is 11.8 Å². The third-order valence-electron chi connectivity index (χ3n) is 5.78. The molecule has 1 aliphatic carbocycles. The van der Waals surface area contributed by atoms with E-state index < -0.39 is 0 Å². The maximum absolute atomic E-state index is 5.66. The van der Waals surface area contributed by atoms with Crippen molar-refractivity contribution in [3.8, 4) is 0 Å². The van der Waals surface area contributed by atoms with Crippen LogP contribution in [0, 0.1) is 5.92 Å². The van der Waals surface area contributed by atoms with Crippen molar-refractivity contribution < 1.29 is 9.47 Å². The molecule has 0 aromatic carbocycles. The summed E-state index contributed by atoms with van der Waals surface area (Å²) in [6.45, 7) is 6.43. The van der Waals surface area contributed by atoms with Gasteiger partial charge in [0.25, 0.3) is 0 Å². The summed E-state index contributed by atoms with van der Waals surface area (Å²) in [7, 11) is 1.87. The van der Waals surface area contributed by atoms with Crippen LogP contribution < -0.4 is 10.6 Å². The van der Waals surface area contributed by atoms with Crippen molar-refractivity contribution in [3.63, 3.8) is 0 Å². The lowest BCUT2D eigenvalue weighted by Crippen LogP contribution is -2.54. The van der Waals surface area contributed by atoms with Crippen molar-refractivity contribution >= 4 is 41.7 Å². The molecule has 6 nitrogen and oxygen atoms in total. The molecule has 8 heteroatoms. The molecule has 26 heavy (non-hydrogen) atoms. The van der Waals surface area contributed by atoms with Crippen molar-refractivity contribution in [2.75, 3.05) is 59.4 Å². The molecule has 0 bridgehead atoms. The molecule has 0 radical (unpaired) electrons. The summed E-state index contributed by atoms with van der Waals surface area (Å²) < 4.78 is 11.2. The van der Waals surface area contributed by atoms with E-state index in [9.17, 15) is 0 Å². The van der Waals surface area contributed by atoms with Crippen LogP contribution in [0.25, 0.3) is 0 Å². The Bertz CT molecular complexity index is 431. The van der Waals surface area contributed by atoms with E-state index >= 15 is 0 Å². The summed E-state index contributed by atoms with van der Waals surface area (Å²) in [5.74, 6) is 1.56. The average molecular weight is 498 g/mol. The molecule has 0 aromatic heterocycles. The highest BCUT2D eigenvalue weighted by atomic mass is 127. The van der Waals surface area contributed by atoms with Gasteiger partial charge in [0.05, 0.1) is 19.8 Å². The van der Waals surface area contributed by atoms with Crippen molar-refractivity contribution in [1.29, 1.82) is 0 Å². The Morgan fingerprint density at radius 2 is 2.00 bits per heavy atom. The topological polar surface area (TPSA) is 58.1 Å². The zero-order valence-corrected chi connectivity index (χ0v) is 19.3. The van der Waals surface area contributed by atoms with Gasteiger partial charge in [-0.3, -0.25) is 9.89 Å². The first-order chi connectivity index (χ1) is 12.3. The number of ether oxygens (including phenoxy) is 2. The Labute approximate surface area is 179 Å². The highest BCUT2D eigenvalue weighted by Crippen LogP contribution is 2.28. The van der Waals surface area contributed by atoms with E-state index in [1.807, 2.05) is 18.8 Å². The molecule has 0 aromatic rings. The van der Waals surface area contributed by atoms with E-state index in [-0.39, 0.29) is 24.0 Å². The maximum atomic E-state index is 5.66. The lowest BCUT2D eigenvalue weighted by molar-refractivity contribution is 0.00246. The number of hydrogen-bond donors (Lipinski definition) is 2. The van der Waals surface area contributed by atoms with E-state index in [4.69, 9.17) is 9.47 Å². The normalized spacial score (nSPS) is 31.5. The minimum atomic E-state index is 0. The molecule has 2 saturated heterocycles. The molecule has 1 saturated carbocycles. The van der Waals surface area contributed by atoms with Crippen LogP contribution in [-0.4, -0.2) is 87.6 Å². The standard InChI is InChI=1S/C18H34N4O2S.HI/c1-19-18(21-15-3-4-16(11-15)25-2)20-12-17(14-5-8-24-13-14)22-6-9-23-10-7-22;/h14-17H,3-13H2,1-2H3,(H2,19,20,21);1H. The number of aliphatic imine (C=N–C) groups is 1. The number of guanidine groups is 1. The smallest absolute Gasteiger partial charge is 0.191 e. The van der Waals surface area contributed by atoms with Crippen molar-refractivity contribution in [3.05, 3.63) is 0 Å². The number of hydrogen-bond acceptors (Lipinski definition) is 5. The fourth-order valence-corrected chi connectivity index (χ4v) is 5.03. The molecule has 152 valence electrons. The summed E-state index contributed by atoms with van der Waals surface area (Å²) in [4.78, 5) is 7.03. The Morgan fingerprint density at radius 3 is 2.62 bits per heavy atom. The van der Waals surface area contributed by atoms with Crippen LogP contribution in [-0.2, 0) is 9.47 Å². The molecular formula is C18H35IN4O2S. The van der Waals surface area contributed by atoms with Gasteiger partial charge in [0.2, 0.25) is 0 Å². The number of morpholine rings is 1. The van der Waals surface area contributed by atoms with Crippen LogP contribution in [0.15, 0.2) is 4.99 Å². The van der Waals surface area contributed by atoms with Crippen LogP contribution in [0.2, 0.25) is 0 Å². The van der Waals surface area contributed by atoms with Gasteiger partial charge in [-0.05, 0) is 31.9 Å². The Morgan fingerprint density at radius 1 is 1.19 bits per heavy atom. The molecule has 0 amide bonds. The maximum Gasteiger partial charge on any atom is 0.191 e. The quantitative estimate of drug-likeness (QED) is 0.331. The number of nitrogens with one attached hydrogen (secondary N) is 2. The Hall–Kier alpha value is 0.230. The molecule has 3 aliphatic rings. The van der Waals surface area contributed by atoms with Gasteiger partial charge >= 0.3 is 0 Å². The molecule has 2 N–H and O–H groups in total. The summed E-state index contributed by atoms with van der Waals surface area (Å²) in [6.07, 6.45) is 7.18.